The molecule has 1 aliphatic carbocycles. The van der Waals surface area contributed by atoms with Crippen LogP contribution in [-0.2, 0) is 11.3 Å². The smallest absolute Gasteiger partial charge is 0.120 e. The molecular formula is C22H30N2O3. The standard InChI is InChI=1S/C22H30N2O3/c23-19-5-3-4-18(16-19)17-27-22-10-8-21(9-11-22)26-15-14-25-13-12-24-20-6-1-2-7-20/h3-5,8-11,16,20,24H,1-2,6-7,12-15,17,23H2. The van der Waals surface area contributed by atoms with Crippen LogP contribution in [0.25, 0.3) is 0 Å². The van der Waals surface area contributed by atoms with E-state index in [1.807, 2.05) is 48.5 Å². The van der Waals surface area contributed by atoms with Gasteiger partial charge in [0.1, 0.15) is 24.7 Å². The van der Waals surface area contributed by atoms with E-state index in [0.717, 1.165) is 35.9 Å². The van der Waals surface area contributed by atoms with Crippen molar-refractivity contribution >= 4 is 5.69 Å². The van der Waals surface area contributed by atoms with E-state index in [9.17, 15) is 0 Å². The van der Waals surface area contributed by atoms with Gasteiger partial charge in [-0.05, 0) is 54.8 Å². The van der Waals surface area contributed by atoms with Gasteiger partial charge in [0.2, 0.25) is 0 Å². The average Bonchev–Trinajstić information content (AvgIpc) is 3.20. The maximum atomic E-state index is 5.77. The van der Waals surface area contributed by atoms with E-state index in [1.165, 1.54) is 25.7 Å². The highest BCUT2D eigenvalue weighted by atomic mass is 16.5. The molecule has 0 atom stereocenters. The first kappa shape index (κ1) is 19.5. The molecule has 5 heteroatoms. The van der Waals surface area contributed by atoms with E-state index in [4.69, 9.17) is 19.9 Å². The number of rotatable bonds is 11. The molecule has 1 aliphatic rings. The minimum Gasteiger partial charge on any atom is -0.491 e. The highest BCUT2D eigenvalue weighted by molar-refractivity contribution is 5.40. The molecule has 27 heavy (non-hydrogen) atoms. The summed E-state index contributed by atoms with van der Waals surface area (Å²) in [5, 5.41) is 3.54. The van der Waals surface area contributed by atoms with Crippen molar-refractivity contribution in [1.29, 1.82) is 0 Å². The first-order chi connectivity index (χ1) is 13.3. The van der Waals surface area contributed by atoms with Gasteiger partial charge in [0, 0.05) is 18.3 Å². The molecule has 1 saturated carbocycles. The minimum absolute atomic E-state index is 0.494. The molecule has 3 rings (SSSR count). The predicted octanol–water partition coefficient (Wildman–Crippen LogP) is 3.78. The van der Waals surface area contributed by atoms with Gasteiger partial charge >= 0.3 is 0 Å². The summed E-state index contributed by atoms with van der Waals surface area (Å²) in [7, 11) is 0. The van der Waals surface area contributed by atoms with Crippen molar-refractivity contribution in [2.45, 2.75) is 38.3 Å². The topological polar surface area (TPSA) is 65.7 Å². The Morgan fingerprint density at radius 3 is 2.37 bits per heavy atom. The summed E-state index contributed by atoms with van der Waals surface area (Å²) in [6.07, 6.45) is 5.33. The summed E-state index contributed by atoms with van der Waals surface area (Å²) in [4.78, 5) is 0. The van der Waals surface area contributed by atoms with Crippen molar-refractivity contribution in [3.05, 3.63) is 54.1 Å². The Morgan fingerprint density at radius 1 is 0.889 bits per heavy atom. The molecule has 1 fully saturated rings. The van der Waals surface area contributed by atoms with Crippen LogP contribution >= 0.6 is 0 Å². The summed E-state index contributed by atoms with van der Waals surface area (Å²) in [5.74, 6) is 1.62. The summed E-state index contributed by atoms with van der Waals surface area (Å²) in [5.41, 5.74) is 7.57. The van der Waals surface area contributed by atoms with Crippen LogP contribution in [0, 0.1) is 0 Å². The number of nitrogens with two attached hydrogens (primary N) is 1. The molecule has 5 nitrogen and oxygen atoms in total. The number of hydrogen-bond acceptors (Lipinski definition) is 5. The second-order valence-electron chi connectivity index (χ2n) is 6.90. The first-order valence-electron chi connectivity index (χ1n) is 9.81. The Kier molecular flexibility index (Phi) is 7.81. The van der Waals surface area contributed by atoms with Gasteiger partial charge in [-0.2, -0.15) is 0 Å². The first-order valence-corrected chi connectivity index (χ1v) is 9.81. The zero-order chi connectivity index (χ0) is 18.7. The highest BCUT2D eigenvalue weighted by Crippen LogP contribution is 2.19. The summed E-state index contributed by atoms with van der Waals surface area (Å²) in [6, 6.07) is 16.1. The summed E-state index contributed by atoms with van der Waals surface area (Å²) >= 11 is 0. The number of nitrogens with one attached hydrogen (secondary N) is 1. The molecule has 146 valence electrons. The van der Waals surface area contributed by atoms with Crippen molar-refractivity contribution in [2.24, 2.45) is 0 Å². The van der Waals surface area contributed by atoms with Gasteiger partial charge in [0.05, 0.1) is 13.2 Å². The van der Waals surface area contributed by atoms with Crippen LogP contribution in [0.2, 0.25) is 0 Å². The molecule has 0 aromatic heterocycles. The van der Waals surface area contributed by atoms with Gasteiger partial charge in [0.25, 0.3) is 0 Å². The molecule has 3 N–H and O–H groups in total. The van der Waals surface area contributed by atoms with Crippen LogP contribution in [0.1, 0.15) is 31.2 Å². The van der Waals surface area contributed by atoms with Crippen LogP contribution in [0.4, 0.5) is 5.69 Å². The van der Waals surface area contributed by atoms with Crippen molar-refractivity contribution in [2.75, 3.05) is 32.1 Å². The zero-order valence-electron chi connectivity index (χ0n) is 15.9. The largest absolute Gasteiger partial charge is 0.491 e. The third-order valence-corrected chi connectivity index (χ3v) is 4.71. The number of anilines is 1. The fourth-order valence-corrected chi connectivity index (χ4v) is 3.27. The van der Waals surface area contributed by atoms with Crippen LogP contribution < -0.4 is 20.5 Å². The number of hydrogen-bond donors (Lipinski definition) is 2. The molecule has 0 spiro atoms. The normalized spacial score (nSPS) is 14.4. The van der Waals surface area contributed by atoms with Crippen molar-refractivity contribution in [3.8, 4) is 11.5 Å². The summed E-state index contributed by atoms with van der Waals surface area (Å²) in [6.45, 7) is 3.29. The van der Waals surface area contributed by atoms with Gasteiger partial charge in [-0.1, -0.05) is 25.0 Å². The van der Waals surface area contributed by atoms with Crippen molar-refractivity contribution in [1.82, 2.24) is 5.32 Å². The Labute approximate surface area is 161 Å². The monoisotopic (exact) mass is 370 g/mol. The SMILES string of the molecule is Nc1cccc(COc2ccc(OCCOCCNC3CCCC3)cc2)c1. The van der Waals surface area contributed by atoms with Gasteiger partial charge in [-0.25, -0.2) is 0 Å². The Hall–Kier alpha value is -2.24. The molecule has 0 heterocycles. The van der Waals surface area contributed by atoms with Gasteiger partial charge in [0.15, 0.2) is 0 Å². The molecule has 0 radical (unpaired) electrons. The lowest BCUT2D eigenvalue weighted by atomic mass is 10.2. The number of nitrogen functional groups attached to an aromatic ring is 1. The molecule has 0 unspecified atom stereocenters. The lowest BCUT2D eigenvalue weighted by molar-refractivity contribution is 0.100. The number of benzene rings is 2. The van der Waals surface area contributed by atoms with E-state index in [0.29, 0.717) is 25.9 Å². The van der Waals surface area contributed by atoms with Gasteiger partial charge < -0.3 is 25.3 Å². The lowest BCUT2D eigenvalue weighted by Gasteiger charge is -2.12. The van der Waals surface area contributed by atoms with E-state index in [2.05, 4.69) is 5.32 Å². The fourth-order valence-electron chi connectivity index (χ4n) is 3.27. The average molecular weight is 370 g/mol. The maximum Gasteiger partial charge on any atom is 0.120 e. The maximum absolute atomic E-state index is 5.77. The predicted molar refractivity (Wildman–Crippen MR) is 108 cm³/mol. The highest BCUT2D eigenvalue weighted by Gasteiger charge is 2.13. The van der Waals surface area contributed by atoms with Crippen molar-refractivity contribution in [3.63, 3.8) is 0 Å². The summed E-state index contributed by atoms with van der Waals surface area (Å²) < 4.78 is 17.1. The Bertz CT molecular complexity index is 670. The van der Waals surface area contributed by atoms with E-state index >= 15 is 0 Å². The lowest BCUT2D eigenvalue weighted by Crippen LogP contribution is -2.29. The Morgan fingerprint density at radius 2 is 1.63 bits per heavy atom. The Balaban J connectivity index is 1.26. The van der Waals surface area contributed by atoms with Crippen LogP contribution in [0.15, 0.2) is 48.5 Å². The van der Waals surface area contributed by atoms with Crippen LogP contribution in [-0.4, -0.2) is 32.4 Å². The molecule has 0 aliphatic heterocycles. The van der Waals surface area contributed by atoms with E-state index in [1.54, 1.807) is 0 Å². The molecule has 0 saturated heterocycles. The third kappa shape index (κ3) is 7.12. The molecule has 0 amide bonds. The molecule has 2 aromatic rings. The quantitative estimate of drug-likeness (QED) is 0.465. The van der Waals surface area contributed by atoms with E-state index < -0.39 is 0 Å². The molecule has 0 bridgehead atoms. The van der Waals surface area contributed by atoms with Gasteiger partial charge in [-0.3, -0.25) is 0 Å². The zero-order valence-corrected chi connectivity index (χ0v) is 15.9. The second kappa shape index (κ2) is 10.8. The fraction of sp³-hybridized carbons (Fsp3) is 0.455. The van der Waals surface area contributed by atoms with Gasteiger partial charge in [-0.15, -0.1) is 0 Å². The molecule has 2 aromatic carbocycles. The third-order valence-electron chi connectivity index (χ3n) is 4.71. The van der Waals surface area contributed by atoms with E-state index in [-0.39, 0.29) is 0 Å². The number of ether oxygens (including phenoxy) is 3. The van der Waals surface area contributed by atoms with Crippen molar-refractivity contribution < 1.29 is 14.2 Å². The van der Waals surface area contributed by atoms with Crippen LogP contribution in [0.5, 0.6) is 11.5 Å². The minimum atomic E-state index is 0.494. The van der Waals surface area contributed by atoms with Crippen LogP contribution in [0.3, 0.4) is 0 Å². The second-order valence-corrected chi connectivity index (χ2v) is 6.90. The molecular weight excluding hydrogens is 340 g/mol.